The molecule has 2 heterocycles. The first-order valence-corrected chi connectivity index (χ1v) is 10.0. The normalized spacial score (nSPS) is 20.7. The first-order chi connectivity index (χ1) is 12.0. The molecule has 1 aliphatic rings. The minimum atomic E-state index is -0.345. The maximum absolute atomic E-state index is 6.32. The van der Waals surface area contributed by atoms with Gasteiger partial charge in [-0.2, -0.15) is 0 Å². The average molecular weight is 375 g/mol. The summed E-state index contributed by atoms with van der Waals surface area (Å²) < 4.78 is 22.1. The Labute approximate surface area is 161 Å². The predicted octanol–water partition coefficient (Wildman–Crippen LogP) is 5.01. The molecule has 1 saturated heterocycles. The summed E-state index contributed by atoms with van der Waals surface area (Å²) in [6.07, 6.45) is 2.63. The van der Waals surface area contributed by atoms with E-state index in [4.69, 9.17) is 13.7 Å². The average Bonchev–Trinajstić information content (AvgIpc) is 3.01. The molecule has 1 fully saturated rings. The van der Waals surface area contributed by atoms with Crippen LogP contribution >= 0.6 is 11.9 Å². The number of furan rings is 1. The Hall–Kier alpha value is -0.945. The van der Waals surface area contributed by atoms with Crippen molar-refractivity contribution in [3.05, 3.63) is 36.1 Å². The Morgan fingerprint density at radius 1 is 1.08 bits per heavy atom. The molecular weight excluding hydrogens is 345 g/mol. The third-order valence-electron chi connectivity index (χ3n) is 5.12. The monoisotopic (exact) mass is 375 g/mol. The van der Waals surface area contributed by atoms with Crippen LogP contribution in [0.25, 0.3) is 11.0 Å². The highest BCUT2D eigenvalue weighted by molar-refractivity contribution is 7.98. The molecule has 142 valence electrons. The van der Waals surface area contributed by atoms with Gasteiger partial charge in [0.2, 0.25) is 0 Å². The number of benzene rings is 1. The van der Waals surface area contributed by atoms with Crippen LogP contribution in [0, 0.1) is 0 Å². The van der Waals surface area contributed by atoms with Gasteiger partial charge in [0, 0.05) is 10.1 Å². The van der Waals surface area contributed by atoms with Crippen molar-refractivity contribution in [3.63, 3.8) is 0 Å². The molecule has 26 heavy (non-hydrogen) atoms. The molecule has 0 aliphatic carbocycles. The summed E-state index contributed by atoms with van der Waals surface area (Å²) in [6, 6.07) is 8.14. The topological polar surface area (TPSA) is 43.6 Å². The van der Waals surface area contributed by atoms with Crippen molar-refractivity contribution in [1.82, 2.24) is 4.72 Å². The second-order valence-corrected chi connectivity index (χ2v) is 10.7. The molecule has 0 saturated carbocycles. The SMILES string of the molecule is CC(C)(C)SNC(Cc1coc2ccccc12)B1OC(C)(C)C(C)(C)O1. The van der Waals surface area contributed by atoms with Crippen molar-refractivity contribution in [1.29, 1.82) is 0 Å². The van der Waals surface area contributed by atoms with Gasteiger partial charge in [0.15, 0.2) is 0 Å². The Morgan fingerprint density at radius 2 is 1.69 bits per heavy atom. The van der Waals surface area contributed by atoms with E-state index in [-0.39, 0.29) is 29.0 Å². The van der Waals surface area contributed by atoms with Gasteiger partial charge in [-0.15, -0.1) is 0 Å². The lowest BCUT2D eigenvalue weighted by atomic mass is 9.75. The molecule has 0 amide bonds. The van der Waals surface area contributed by atoms with Gasteiger partial charge in [-0.1, -0.05) is 30.1 Å². The third-order valence-corrected chi connectivity index (χ3v) is 6.15. The fourth-order valence-corrected chi connectivity index (χ4v) is 3.63. The molecule has 1 aromatic carbocycles. The van der Waals surface area contributed by atoms with E-state index < -0.39 is 0 Å². The number of fused-ring (bicyclic) bond motifs is 1. The van der Waals surface area contributed by atoms with Crippen LogP contribution in [-0.4, -0.2) is 29.0 Å². The lowest BCUT2D eigenvalue weighted by molar-refractivity contribution is 0.00578. The highest BCUT2D eigenvalue weighted by Crippen LogP contribution is 2.38. The maximum Gasteiger partial charge on any atom is 0.477 e. The van der Waals surface area contributed by atoms with Gasteiger partial charge < -0.3 is 13.7 Å². The molecule has 6 heteroatoms. The molecule has 1 unspecified atom stereocenters. The Kier molecular flexibility index (Phi) is 5.25. The Morgan fingerprint density at radius 3 is 2.31 bits per heavy atom. The molecule has 1 N–H and O–H groups in total. The zero-order chi connectivity index (χ0) is 19.2. The summed E-state index contributed by atoms with van der Waals surface area (Å²) in [5, 5.41) is 1.15. The zero-order valence-electron chi connectivity index (χ0n) is 16.9. The van der Waals surface area contributed by atoms with E-state index in [1.54, 1.807) is 11.9 Å². The van der Waals surface area contributed by atoms with Crippen LogP contribution in [0.5, 0.6) is 0 Å². The van der Waals surface area contributed by atoms with Crippen LogP contribution in [-0.2, 0) is 15.7 Å². The van der Waals surface area contributed by atoms with Gasteiger partial charge in [-0.3, -0.25) is 4.72 Å². The van der Waals surface area contributed by atoms with Gasteiger partial charge in [-0.05, 0) is 66.5 Å². The van der Waals surface area contributed by atoms with Crippen LogP contribution in [0.4, 0.5) is 0 Å². The lowest BCUT2D eigenvalue weighted by Gasteiger charge is -2.32. The molecule has 4 nitrogen and oxygen atoms in total. The van der Waals surface area contributed by atoms with Gasteiger partial charge in [-0.25, -0.2) is 0 Å². The minimum absolute atomic E-state index is 0.0151. The second kappa shape index (κ2) is 6.90. The molecule has 1 aromatic heterocycles. The largest absolute Gasteiger partial charge is 0.477 e. The molecule has 1 aliphatic heterocycles. The molecule has 2 aromatic rings. The summed E-state index contributed by atoms with van der Waals surface area (Å²) in [7, 11) is -0.316. The van der Waals surface area contributed by atoms with Crippen molar-refractivity contribution in [2.75, 3.05) is 0 Å². The summed E-state index contributed by atoms with van der Waals surface area (Å²) in [5.41, 5.74) is 1.39. The van der Waals surface area contributed by atoms with Gasteiger partial charge >= 0.3 is 7.12 Å². The van der Waals surface area contributed by atoms with Gasteiger partial charge in [0.1, 0.15) is 5.58 Å². The molecule has 0 spiro atoms. The molecular formula is C20H30BNO3S. The Bertz CT molecular complexity index is 750. The van der Waals surface area contributed by atoms with Crippen LogP contribution in [0.2, 0.25) is 0 Å². The van der Waals surface area contributed by atoms with Gasteiger partial charge in [0.05, 0.1) is 23.4 Å². The van der Waals surface area contributed by atoms with Crippen molar-refractivity contribution >= 4 is 30.0 Å². The summed E-state index contributed by atoms with van der Waals surface area (Å²) in [5.74, 6) is 0.0151. The number of rotatable bonds is 5. The smallest absolute Gasteiger partial charge is 0.464 e. The molecule has 1 atom stereocenters. The standard InChI is InChI=1S/C20H30BNO3S/c1-18(2,3)26-22-17(21-24-19(4,5)20(6,7)25-21)12-14-13-23-16-11-9-8-10-15(14)16/h8-11,13,17,22H,12H2,1-7H3. The number of para-hydroxylation sites is 1. The van der Waals surface area contributed by atoms with Crippen molar-refractivity contribution in [3.8, 4) is 0 Å². The second-order valence-electron chi connectivity index (χ2n) is 9.02. The maximum atomic E-state index is 6.32. The fraction of sp³-hybridized carbons (Fsp3) is 0.600. The van der Waals surface area contributed by atoms with Crippen molar-refractivity contribution in [2.45, 2.75) is 76.8 Å². The van der Waals surface area contributed by atoms with E-state index in [0.29, 0.717) is 0 Å². The van der Waals surface area contributed by atoms with Gasteiger partial charge in [0.25, 0.3) is 0 Å². The minimum Gasteiger partial charge on any atom is -0.464 e. The summed E-state index contributed by atoms with van der Waals surface area (Å²) in [6.45, 7) is 14.9. The van der Waals surface area contributed by atoms with E-state index in [2.05, 4.69) is 59.3 Å². The third kappa shape index (κ3) is 4.14. The Balaban J connectivity index is 1.84. The number of hydrogen-bond donors (Lipinski definition) is 1. The summed E-state index contributed by atoms with van der Waals surface area (Å²) >= 11 is 1.72. The quantitative estimate of drug-likeness (QED) is 0.588. The molecule has 0 radical (unpaired) electrons. The number of nitrogens with one attached hydrogen (secondary N) is 1. The van der Waals surface area contributed by atoms with Crippen LogP contribution in [0.3, 0.4) is 0 Å². The predicted molar refractivity (Wildman–Crippen MR) is 110 cm³/mol. The molecule has 0 bridgehead atoms. The van der Waals surface area contributed by atoms with Crippen molar-refractivity contribution in [2.24, 2.45) is 0 Å². The zero-order valence-corrected chi connectivity index (χ0v) is 17.7. The highest BCUT2D eigenvalue weighted by Gasteiger charge is 2.54. The highest BCUT2D eigenvalue weighted by atomic mass is 32.2. The van der Waals surface area contributed by atoms with Crippen LogP contribution in [0.15, 0.2) is 34.9 Å². The lowest BCUT2D eigenvalue weighted by Crippen LogP contribution is -2.45. The van der Waals surface area contributed by atoms with E-state index in [1.807, 2.05) is 24.5 Å². The van der Waals surface area contributed by atoms with E-state index in [9.17, 15) is 0 Å². The van der Waals surface area contributed by atoms with E-state index in [1.165, 1.54) is 5.56 Å². The number of hydrogen-bond acceptors (Lipinski definition) is 5. The molecule has 3 rings (SSSR count). The van der Waals surface area contributed by atoms with Crippen LogP contribution < -0.4 is 4.72 Å². The van der Waals surface area contributed by atoms with E-state index >= 15 is 0 Å². The first kappa shape index (κ1) is 19.8. The summed E-state index contributed by atoms with van der Waals surface area (Å²) in [4.78, 5) is 0. The fourth-order valence-electron chi connectivity index (χ4n) is 2.93. The van der Waals surface area contributed by atoms with Crippen molar-refractivity contribution < 1.29 is 13.7 Å². The van der Waals surface area contributed by atoms with E-state index in [0.717, 1.165) is 17.4 Å². The first-order valence-electron chi connectivity index (χ1n) is 9.23. The van der Waals surface area contributed by atoms with Crippen LogP contribution in [0.1, 0.15) is 54.0 Å².